The van der Waals surface area contributed by atoms with Crippen LogP contribution in [0, 0.1) is 0 Å². The van der Waals surface area contributed by atoms with Crippen LogP contribution in [0.15, 0.2) is 4.99 Å². The number of aliphatic imine (C=N–C) groups is 1. The summed E-state index contributed by atoms with van der Waals surface area (Å²) in [4.78, 5) is 3.99. The average Bonchev–Trinajstić information content (AvgIpc) is 1.96. The van der Waals surface area contributed by atoms with E-state index in [1.807, 2.05) is 0 Å². The molecule has 0 aromatic rings. The summed E-state index contributed by atoms with van der Waals surface area (Å²) >= 11 is 0. The van der Waals surface area contributed by atoms with E-state index in [0.717, 1.165) is 13.0 Å². The molecule has 0 rings (SSSR count). The molecule has 0 aromatic heterocycles. The Morgan fingerprint density at radius 3 is 2.73 bits per heavy atom. The molecular formula is C8H18N2O. The third kappa shape index (κ3) is 9.43. The SMILES string of the molecule is CCCCOCCN=C(C)N. The van der Waals surface area contributed by atoms with Crippen LogP contribution in [-0.2, 0) is 4.74 Å². The smallest absolute Gasteiger partial charge is 0.0906 e. The lowest BCUT2D eigenvalue weighted by Gasteiger charge is -1.99. The highest BCUT2D eigenvalue weighted by molar-refractivity contribution is 5.77. The number of unbranched alkanes of at least 4 members (excludes halogenated alkanes) is 1. The van der Waals surface area contributed by atoms with Crippen LogP contribution in [0.3, 0.4) is 0 Å². The molecule has 66 valence electrons. The van der Waals surface area contributed by atoms with E-state index < -0.39 is 0 Å². The fraction of sp³-hybridized carbons (Fsp3) is 0.875. The molecule has 11 heavy (non-hydrogen) atoms. The van der Waals surface area contributed by atoms with Gasteiger partial charge in [0.2, 0.25) is 0 Å². The van der Waals surface area contributed by atoms with Gasteiger partial charge < -0.3 is 10.5 Å². The van der Waals surface area contributed by atoms with Crippen LogP contribution in [0.5, 0.6) is 0 Å². The minimum Gasteiger partial charge on any atom is -0.388 e. The summed E-state index contributed by atoms with van der Waals surface area (Å²) in [5, 5.41) is 0. The second-order valence-electron chi connectivity index (χ2n) is 2.49. The first-order chi connectivity index (χ1) is 5.27. The van der Waals surface area contributed by atoms with Crippen LogP contribution < -0.4 is 5.73 Å². The van der Waals surface area contributed by atoms with Gasteiger partial charge in [-0.2, -0.15) is 0 Å². The normalized spacial score (nSPS) is 12.0. The van der Waals surface area contributed by atoms with Gasteiger partial charge in [-0.15, -0.1) is 0 Å². The van der Waals surface area contributed by atoms with Crippen molar-refractivity contribution in [2.45, 2.75) is 26.7 Å². The van der Waals surface area contributed by atoms with Gasteiger partial charge in [0.25, 0.3) is 0 Å². The molecule has 0 unspecified atom stereocenters. The fourth-order valence-corrected chi connectivity index (χ4v) is 0.635. The van der Waals surface area contributed by atoms with E-state index in [0.29, 0.717) is 19.0 Å². The van der Waals surface area contributed by atoms with Crippen LogP contribution in [0.2, 0.25) is 0 Å². The van der Waals surface area contributed by atoms with Gasteiger partial charge in [-0.1, -0.05) is 13.3 Å². The Labute approximate surface area is 68.6 Å². The van der Waals surface area contributed by atoms with Crippen LogP contribution in [-0.4, -0.2) is 25.6 Å². The largest absolute Gasteiger partial charge is 0.388 e. The molecule has 3 nitrogen and oxygen atoms in total. The third-order valence-corrected chi connectivity index (χ3v) is 1.24. The number of rotatable bonds is 6. The summed E-state index contributed by atoms with van der Waals surface area (Å²) in [6, 6.07) is 0. The maximum Gasteiger partial charge on any atom is 0.0906 e. The zero-order chi connectivity index (χ0) is 8.53. The van der Waals surface area contributed by atoms with Gasteiger partial charge in [0.1, 0.15) is 0 Å². The van der Waals surface area contributed by atoms with E-state index >= 15 is 0 Å². The molecule has 3 heteroatoms. The second kappa shape index (κ2) is 7.54. The zero-order valence-corrected chi connectivity index (χ0v) is 7.47. The molecule has 0 radical (unpaired) electrons. The fourth-order valence-electron chi connectivity index (χ4n) is 0.635. The molecule has 0 atom stereocenters. The summed E-state index contributed by atoms with van der Waals surface area (Å²) in [5.41, 5.74) is 5.33. The van der Waals surface area contributed by atoms with Gasteiger partial charge in [-0.3, -0.25) is 4.99 Å². The van der Waals surface area contributed by atoms with Crippen molar-refractivity contribution in [3.63, 3.8) is 0 Å². The van der Waals surface area contributed by atoms with Crippen molar-refractivity contribution >= 4 is 5.84 Å². The first kappa shape index (κ1) is 10.4. The van der Waals surface area contributed by atoms with E-state index in [1.54, 1.807) is 6.92 Å². The second-order valence-corrected chi connectivity index (χ2v) is 2.49. The van der Waals surface area contributed by atoms with Crippen molar-refractivity contribution in [2.75, 3.05) is 19.8 Å². The summed E-state index contributed by atoms with van der Waals surface area (Å²) in [6.45, 7) is 6.15. The molecule has 0 aliphatic rings. The summed E-state index contributed by atoms with van der Waals surface area (Å²) in [6.07, 6.45) is 2.31. The summed E-state index contributed by atoms with van der Waals surface area (Å²) < 4.78 is 5.26. The summed E-state index contributed by atoms with van der Waals surface area (Å²) in [7, 11) is 0. The number of nitrogens with two attached hydrogens (primary N) is 1. The van der Waals surface area contributed by atoms with E-state index in [2.05, 4.69) is 11.9 Å². The average molecular weight is 158 g/mol. The molecule has 0 spiro atoms. The van der Waals surface area contributed by atoms with Gasteiger partial charge in [0, 0.05) is 6.61 Å². The van der Waals surface area contributed by atoms with Gasteiger partial charge >= 0.3 is 0 Å². The van der Waals surface area contributed by atoms with Gasteiger partial charge in [0.15, 0.2) is 0 Å². The molecule has 0 aromatic carbocycles. The zero-order valence-electron chi connectivity index (χ0n) is 7.47. The van der Waals surface area contributed by atoms with Gasteiger partial charge in [-0.25, -0.2) is 0 Å². The minimum atomic E-state index is 0.629. The Kier molecular flexibility index (Phi) is 7.15. The van der Waals surface area contributed by atoms with Crippen molar-refractivity contribution in [3.8, 4) is 0 Å². The standard InChI is InChI=1S/C8H18N2O/c1-3-4-6-11-7-5-10-8(2)9/h3-7H2,1-2H3,(H2,9,10). The summed E-state index contributed by atoms with van der Waals surface area (Å²) in [5.74, 6) is 0.629. The highest BCUT2D eigenvalue weighted by Gasteiger charge is 1.85. The lowest BCUT2D eigenvalue weighted by atomic mass is 10.4. The van der Waals surface area contributed by atoms with Gasteiger partial charge in [-0.05, 0) is 13.3 Å². The Balaban J connectivity index is 2.97. The molecule has 0 fully saturated rings. The first-order valence-corrected chi connectivity index (χ1v) is 4.11. The number of nitrogens with zero attached hydrogens (tertiary/aromatic N) is 1. The lowest BCUT2D eigenvalue weighted by Crippen LogP contribution is -2.08. The van der Waals surface area contributed by atoms with Crippen molar-refractivity contribution in [2.24, 2.45) is 10.7 Å². The molecule has 0 aliphatic heterocycles. The topological polar surface area (TPSA) is 47.6 Å². The predicted molar refractivity (Wildman–Crippen MR) is 47.9 cm³/mol. The van der Waals surface area contributed by atoms with Crippen LogP contribution in [0.1, 0.15) is 26.7 Å². The molecule has 0 saturated carbocycles. The molecule has 0 aliphatic carbocycles. The molecule has 0 saturated heterocycles. The van der Waals surface area contributed by atoms with Crippen molar-refractivity contribution < 1.29 is 4.74 Å². The lowest BCUT2D eigenvalue weighted by molar-refractivity contribution is 0.139. The quantitative estimate of drug-likeness (QED) is 0.358. The van der Waals surface area contributed by atoms with Crippen molar-refractivity contribution in [3.05, 3.63) is 0 Å². The molecular weight excluding hydrogens is 140 g/mol. The van der Waals surface area contributed by atoms with Crippen LogP contribution in [0.25, 0.3) is 0 Å². The predicted octanol–water partition coefficient (Wildman–Crippen LogP) is 1.18. The van der Waals surface area contributed by atoms with E-state index in [-0.39, 0.29) is 0 Å². The van der Waals surface area contributed by atoms with Gasteiger partial charge in [0.05, 0.1) is 19.0 Å². The third-order valence-electron chi connectivity index (χ3n) is 1.24. The molecule has 0 heterocycles. The van der Waals surface area contributed by atoms with E-state index in [9.17, 15) is 0 Å². The molecule has 0 bridgehead atoms. The first-order valence-electron chi connectivity index (χ1n) is 4.11. The Morgan fingerprint density at radius 1 is 1.45 bits per heavy atom. The van der Waals surface area contributed by atoms with Crippen LogP contribution in [0.4, 0.5) is 0 Å². The maximum atomic E-state index is 5.33. The van der Waals surface area contributed by atoms with Crippen molar-refractivity contribution in [1.82, 2.24) is 0 Å². The monoisotopic (exact) mass is 158 g/mol. The van der Waals surface area contributed by atoms with Crippen LogP contribution >= 0.6 is 0 Å². The molecule has 0 amide bonds. The Hall–Kier alpha value is -0.570. The number of amidine groups is 1. The molecule has 2 N–H and O–H groups in total. The Morgan fingerprint density at radius 2 is 2.18 bits per heavy atom. The Bertz CT molecular complexity index is 109. The number of ether oxygens (including phenoxy) is 1. The van der Waals surface area contributed by atoms with E-state index in [4.69, 9.17) is 10.5 Å². The number of hydrogen-bond donors (Lipinski definition) is 1. The highest BCUT2D eigenvalue weighted by atomic mass is 16.5. The minimum absolute atomic E-state index is 0.629. The maximum absolute atomic E-state index is 5.33. The number of hydrogen-bond acceptors (Lipinski definition) is 2. The van der Waals surface area contributed by atoms with Crippen molar-refractivity contribution in [1.29, 1.82) is 0 Å². The van der Waals surface area contributed by atoms with E-state index in [1.165, 1.54) is 6.42 Å². The highest BCUT2D eigenvalue weighted by Crippen LogP contribution is 1.87.